The molecular weight excluding hydrogens is 402 g/mol. The molecular formula is C22H37N3O4S. The van der Waals surface area contributed by atoms with Crippen LogP contribution in [0.25, 0.3) is 0 Å². The van der Waals surface area contributed by atoms with Crippen LogP contribution in [-0.4, -0.2) is 69.0 Å². The summed E-state index contributed by atoms with van der Waals surface area (Å²) in [5, 5.41) is 15.4. The number of nitrogens with one attached hydrogen (secondary N) is 2. The highest BCUT2D eigenvalue weighted by Crippen LogP contribution is 2.68. The number of carbonyl (C=O) groups is 3. The molecule has 3 heterocycles. The van der Waals surface area contributed by atoms with E-state index in [-0.39, 0.29) is 41.4 Å². The van der Waals surface area contributed by atoms with Gasteiger partial charge in [0.25, 0.3) is 0 Å². The van der Waals surface area contributed by atoms with Crippen LogP contribution >= 0.6 is 11.8 Å². The Morgan fingerprint density at radius 3 is 2.57 bits per heavy atom. The Morgan fingerprint density at radius 2 is 1.97 bits per heavy atom. The van der Waals surface area contributed by atoms with Gasteiger partial charge in [-0.2, -0.15) is 0 Å². The van der Waals surface area contributed by atoms with E-state index in [9.17, 15) is 19.5 Å². The molecule has 0 radical (unpaired) electrons. The van der Waals surface area contributed by atoms with Crippen LogP contribution in [0.15, 0.2) is 0 Å². The van der Waals surface area contributed by atoms with Crippen molar-refractivity contribution in [1.29, 1.82) is 0 Å². The van der Waals surface area contributed by atoms with E-state index in [1.807, 2.05) is 27.7 Å². The first-order valence-corrected chi connectivity index (χ1v) is 12.1. The van der Waals surface area contributed by atoms with Crippen LogP contribution in [0.1, 0.15) is 60.3 Å². The summed E-state index contributed by atoms with van der Waals surface area (Å²) in [6.45, 7) is 11.1. The van der Waals surface area contributed by atoms with E-state index >= 15 is 0 Å². The molecule has 0 saturated carbocycles. The maximum absolute atomic E-state index is 13.7. The topological polar surface area (TPSA) is 98.7 Å². The van der Waals surface area contributed by atoms with Crippen molar-refractivity contribution >= 4 is 29.5 Å². The third-order valence-corrected chi connectivity index (χ3v) is 8.73. The molecule has 0 aromatic heterocycles. The molecule has 3 aliphatic heterocycles. The summed E-state index contributed by atoms with van der Waals surface area (Å²) >= 11 is 1.70. The van der Waals surface area contributed by atoms with Gasteiger partial charge in [0.15, 0.2) is 0 Å². The quantitative estimate of drug-likeness (QED) is 0.498. The number of fused-ring (bicyclic) bond motifs is 1. The standard InChI is InChI=1S/C22H37N3O4S/c1-6-9-23-18(27)15-14-12-13(2)22(30-14)16(15)20(29)25(10-7-8-11-26)17(22)19(28)24-21(3,4)5/h13-17,26H,6-12H2,1-5H3,(H,23,27)(H,24,28)/t13?,14-,15+,16+,17?,22?/m1/s1. The summed E-state index contributed by atoms with van der Waals surface area (Å²) in [5.74, 6) is -0.906. The van der Waals surface area contributed by atoms with Gasteiger partial charge in [-0.15, -0.1) is 11.8 Å². The van der Waals surface area contributed by atoms with Gasteiger partial charge in [0.05, 0.1) is 16.6 Å². The molecule has 3 saturated heterocycles. The summed E-state index contributed by atoms with van der Waals surface area (Å²) < 4.78 is -0.565. The zero-order valence-electron chi connectivity index (χ0n) is 18.9. The van der Waals surface area contributed by atoms with Gasteiger partial charge < -0.3 is 20.6 Å². The molecule has 3 N–H and O–H groups in total. The van der Waals surface area contributed by atoms with Crippen LogP contribution in [0.3, 0.4) is 0 Å². The number of nitrogens with zero attached hydrogens (tertiary/aromatic N) is 1. The van der Waals surface area contributed by atoms with Crippen LogP contribution in [0.2, 0.25) is 0 Å². The van der Waals surface area contributed by atoms with Crippen molar-refractivity contribution in [2.75, 3.05) is 19.7 Å². The van der Waals surface area contributed by atoms with Crippen molar-refractivity contribution in [3.05, 3.63) is 0 Å². The predicted molar refractivity (Wildman–Crippen MR) is 118 cm³/mol. The lowest BCUT2D eigenvalue weighted by molar-refractivity contribution is -0.140. The summed E-state index contributed by atoms with van der Waals surface area (Å²) in [7, 11) is 0. The van der Waals surface area contributed by atoms with Crippen molar-refractivity contribution in [2.45, 2.75) is 81.9 Å². The molecule has 8 heteroatoms. The highest BCUT2D eigenvalue weighted by molar-refractivity contribution is 8.02. The SMILES string of the molecule is CCCNC(=O)[C@@H]1[C@H]2C(=O)N(CCCCO)C(C(=O)NC(C)(C)C)C23S[C@@H]1CC3C. The lowest BCUT2D eigenvalue weighted by Gasteiger charge is -2.39. The van der Waals surface area contributed by atoms with E-state index in [1.54, 1.807) is 16.7 Å². The first-order chi connectivity index (χ1) is 14.1. The van der Waals surface area contributed by atoms with Crippen LogP contribution in [0.4, 0.5) is 0 Å². The molecule has 3 fully saturated rings. The van der Waals surface area contributed by atoms with Gasteiger partial charge in [-0.05, 0) is 52.4 Å². The lowest BCUT2D eigenvalue weighted by Crippen LogP contribution is -2.59. The smallest absolute Gasteiger partial charge is 0.244 e. The Morgan fingerprint density at radius 1 is 1.27 bits per heavy atom. The fourth-order valence-electron chi connectivity index (χ4n) is 5.56. The first-order valence-electron chi connectivity index (χ1n) is 11.3. The normalized spacial score (nSPS) is 34.9. The maximum atomic E-state index is 13.7. The second kappa shape index (κ2) is 8.69. The Kier molecular flexibility index (Phi) is 6.77. The number of rotatable bonds is 8. The molecule has 0 aromatic carbocycles. The lowest BCUT2D eigenvalue weighted by atomic mass is 9.65. The fourth-order valence-corrected chi connectivity index (χ4v) is 7.98. The zero-order valence-corrected chi connectivity index (χ0v) is 19.7. The monoisotopic (exact) mass is 439 g/mol. The van der Waals surface area contributed by atoms with E-state index in [2.05, 4.69) is 17.6 Å². The number of thioether (sulfide) groups is 1. The zero-order chi connectivity index (χ0) is 22.3. The van der Waals surface area contributed by atoms with E-state index in [1.165, 1.54) is 0 Å². The van der Waals surface area contributed by atoms with Crippen LogP contribution in [-0.2, 0) is 14.4 Å². The molecule has 7 nitrogen and oxygen atoms in total. The molecule has 0 aliphatic carbocycles. The van der Waals surface area contributed by atoms with Crippen molar-refractivity contribution in [1.82, 2.24) is 15.5 Å². The van der Waals surface area contributed by atoms with E-state index < -0.39 is 22.2 Å². The van der Waals surface area contributed by atoms with Gasteiger partial charge in [0.1, 0.15) is 6.04 Å². The minimum absolute atomic E-state index is 0.0475. The Balaban J connectivity index is 1.98. The minimum Gasteiger partial charge on any atom is -0.396 e. The second-order valence-corrected chi connectivity index (χ2v) is 11.6. The summed E-state index contributed by atoms with van der Waals surface area (Å²) in [4.78, 5) is 41.9. The number of aliphatic hydroxyl groups is 1. The highest BCUT2D eigenvalue weighted by atomic mass is 32.2. The third kappa shape index (κ3) is 3.85. The largest absolute Gasteiger partial charge is 0.396 e. The Hall–Kier alpha value is -1.28. The van der Waals surface area contributed by atoms with Crippen molar-refractivity contribution in [2.24, 2.45) is 17.8 Å². The molecule has 3 aliphatic rings. The number of hydrogen-bond donors (Lipinski definition) is 3. The number of hydrogen-bond acceptors (Lipinski definition) is 5. The minimum atomic E-state index is -0.582. The van der Waals surface area contributed by atoms with Crippen molar-refractivity contribution < 1.29 is 19.5 Å². The van der Waals surface area contributed by atoms with Gasteiger partial charge in [-0.1, -0.05) is 13.8 Å². The summed E-state index contributed by atoms with van der Waals surface area (Å²) in [6, 6.07) is -0.582. The Labute approximate surface area is 184 Å². The summed E-state index contributed by atoms with van der Waals surface area (Å²) in [5.41, 5.74) is -0.409. The second-order valence-electron chi connectivity index (χ2n) is 10.0. The van der Waals surface area contributed by atoms with Gasteiger partial charge in [-0.3, -0.25) is 14.4 Å². The molecule has 0 aromatic rings. The Bertz CT molecular complexity index is 694. The van der Waals surface area contributed by atoms with Gasteiger partial charge >= 0.3 is 0 Å². The molecule has 3 rings (SSSR count). The average molecular weight is 440 g/mol. The predicted octanol–water partition coefficient (Wildman–Crippen LogP) is 1.54. The van der Waals surface area contributed by atoms with E-state index in [0.717, 1.165) is 12.8 Å². The van der Waals surface area contributed by atoms with Gasteiger partial charge in [0, 0.05) is 30.5 Å². The molecule has 3 unspecified atom stereocenters. The first kappa shape index (κ1) is 23.4. The van der Waals surface area contributed by atoms with E-state index in [0.29, 0.717) is 25.9 Å². The number of likely N-dealkylation sites (tertiary alicyclic amines) is 1. The van der Waals surface area contributed by atoms with Crippen molar-refractivity contribution in [3.63, 3.8) is 0 Å². The third-order valence-electron chi connectivity index (χ3n) is 6.65. The van der Waals surface area contributed by atoms with Crippen LogP contribution < -0.4 is 10.6 Å². The molecule has 3 amide bonds. The molecule has 2 bridgehead atoms. The number of amides is 3. The highest BCUT2D eigenvalue weighted by Gasteiger charge is 2.75. The van der Waals surface area contributed by atoms with Gasteiger partial charge in [-0.25, -0.2) is 0 Å². The number of unbranched alkanes of at least 4 members (excludes halogenated alkanes) is 1. The molecule has 6 atom stereocenters. The van der Waals surface area contributed by atoms with Gasteiger partial charge in [0.2, 0.25) is 17.7 Å². The average Bonchev–Trinajstić information content (AvgIpc) is 3.23. The molecule has 1 spiro atoms. The molecule has 30 heavy (non-hydrogen) atoms. The van der Waals surface area contributed by atoms with Crippen LogP contribution in [0, 0.1) is 17.8 Å². The maximum Gasteiger partial charge on any atom is 0.244 e. The van der Waals surface area contributed by atoms with Crippen LogP contribution in [0.5, 0.6) is 0 Å². The van der Waals surface area contributed by atoms with E-state index in [4.69, 9.17) is 0 Å². The summed E-state index contributed by atoms with van der Waals surface area (Å²) in [6.07, 6.45) is 2.92. The molecule has 170 valence electrons. The number of aliphatic hydroxyl groups excluding tert-OH is 1. The fraction of sp³-hybridized carbons (Fsp3) is 0.864. The van der Waals surface area contributed by atoms with Crippen molar-refractivity contribution in [3.8, 4) is 0 Å². The number of carbonyl (C=O) groups excluding carboxylic acids is 3.